The highest BCUT2D eigenvalue weighted by atomic mass is 19.4. The maximum Gasteiger partial charge on any atom is 0.433 e. The fourth-order valence-electron chi connectivity index (χ4n) is 5.30. The summed E-state index contributed by atoms with van der Waals surface area (Å²) in [7, 11) is 0. The van der Waals surface area contributed by atoms with Crippen molar-refractivity contribution < 1.29 is 22.4 Å². The molecule has 6 nitrogen and oxygen atoms in total. The van der Waals surface area contributed by atoms with Crippen molar-refractivity contribution in [2.75, 3.05) is 0 Å². The third-order valence-corrected chi connectivity index (χ3v) is 7.47. The molecule has 1 N–H and O–H groups in total. The second kappa shape index (κ2) is 10.9. The molecule has 1 aromatic carbocycles. The van der Waals surface area contributed by atoms with Gasteiger partial charge in [-0.3, -0.25) is 9.78 Å². The molecule has 0 bridgehead atoms. The monoisotopic (exact) mass is 522 g/mol. The Balaban J connectivity index is 1.11. The minimum atomic E-state index is -4.50. The molecule has 0 radical (unpaired) electrons. The molecule has 38 heavy (non-hydrogen) atoms. The number of halogens is 3. The van der Waals surface area contributed by atoms with Crippen LogP contribution in [0.1, 0.15) is 49.8 Å². The first-order valence-electron chi connectivity index (χ1n) is 12.9. The number of fused-ring (bicyclic) bond motifs is 1. The van der Waals surface area contributed by atoms with Crippen molar-refractivity contribution in [2.24, 2.45) is 17.8 Å². The Labute approximate surface area is 218 Å². The zero-order valence-electron chi connectivity index (χ0n) is 21.0. The van der Waals surface area contributed by atoms with E-state index in [1.807, 2.05) is 18.2 Å². The predicted octanol–water partition coefficient (Wildman–Crippen LogP) is 6.61. The Hall–Kier alpha value is -3.75. The number of nitrogens with zero attached hydrogens (tertiary/aromatic N) is 3. The minimum Gasteiger partial charge on any atom is -0.461 e. The number of carbonyl (C=O) groups excluding carboxylic acids is 1. The Bertz CT molecular complexity index is 1370. The number of hydrogen-bond donors (Lipinski definition) is 1. The zero-order valence-corrected chi connectivity index (χ0v) is 21.0. The zero-order chi connectivity index (χ0) is 26.7. The van der Waals surface area contributed by atoms with Crippen LogP contribution in [-0.4, -0.2) is 20.9 Å². The van der Waals surface area contributed by atoms with Gasteiger partial charge in [0.15, 0.2) is 0 Å². The van der Waals surface area contributed by atoms with Gasteiger partial charge in [0.05, 0.1) is 17.9 Å². The van der Waals surface area contributed by atoms with Crippen LogP contribution in [0.5, 0.6) is 0 Å². The summed E-state index contributed by atoms with van der Waals surface area (Å²) in [5.74, 6) is 1.95. The van der Waals surface area contributed by atoms with Crippen LogP contribution >= 0.6 is 0 Å². The lowest BCUT2D eigenvalue weighted by atomic mass is 9.73. The first-order valence-corrected chi connectivity index (χ1v) is 12.9. The molecule has 5 rings (SSSR count). The van der Waals surface area contributed by atoms with Crippen molar-refractivity contribution >= 4 is 16.9 Å². The van der Waals surface area contributed by atoms with Crippen molar-refractivity contribution in [1.29, 1.82) is 0 Å². The van der Waals surface area contributed by atoms with E-state index in [9.17, 15) is 18.0 Å². The van der Waals surface area contributed by atoms with Crippen LogP contribution in [0.3, 0.4) is 0 Å². The van der Waals surface area contributed by atoms with Crippen molar-refractivity contribution in [2.45, 2.75) is 51.7 Å². The van der Waals surface area contributed by atoms with Crippen LogP contribution in [0.4, 0.5) is 13.2 Å². The number of nitrogens with one attached hydrogen (secondary N) is 1. The Morgan fingerprint density at radius 2 is 1.92 bits per heavy atom. The quantitative estimate of drug-likeness (QED) is 0.296. The summed E-state index contributed by atoms with van der Waals surface area (Å²) in [4.78, 5) is 24.7. The molecule has 4 aromatic rings. The average molecular weight is 523 g/mol. The van der Waals surface area contributed by atoms with Gasteiger partial charge in [-0.2, -0.15) is 13.2 Å². The number of aryl methyl sites for hydroxylation is 1. The Kier molecular flexibility index (Phi) is 7.44. The Morgan fingerprint density at radius 3 is 2.66 bits per heavy atom. The lowest BCUT2D eigenvalue weighted by Gasteiger charge is -2.33. The number of pyridine rings is 1. The summed E-state index contributed by atoms with van der Waals surface area (Å²) in [5.41, 5.74) is 1.44. The number of aromatic nitrogens is 3. The van der Waals surface area contributed by atoms with Crippen molar-refractivity contribution in [3.63, 3.8) is 0 Å². The maximum absolute atomic E-state index is 12.9. The van der Waals surface area contributed by atoms with E-state index in [-0.39, 0.29) is 18.4 Å². The molecule has 1 aliphatic carbocycles. The van der Waals surface area contributed by atoms with E-state index >= 15 is 0 Å². The summed E-state index contributed by atoms with van der Waals surface area (Å²) in [5, 5.41) is 4.10. The van der Waals surface area contributed by atoms with E-state index in [1.54, 1.807) is 6.07 Å². The summed E-state index contributed by atoms with van der Waals surface area (Å²) >= 11 is 0. The van der Waals surface area contributed by atoms with E-state index in [1.165, 1.54) is 12.4 Å². The topological polar surface area (TPSA) is 80.9 Å². The van der Waals surface area contributed by atoms with Gasteiger partial charge in [-0.1, -0.05) is 25.1 Å². The van der Waals surface area contributed by atoms with Crippen LogP contribution in [0, 0.1) is 17.8 Å². The first kappa shape index (κ1) is 25.9. The van der Waals surface area contributed by atoms with E-state index < -0.39 is 11.9 Å². The van der Waals surface area contributed by atoms with Crippen molar-refractivity contribution in [3.8, 4) is 11.3 Å². The average Bonchev–Trinajstić information content (AvgIpc) is 3.34. The molecule has 3 atom stereocenters. The summed E-state index contributed by atoms with van der Waals surface area (Å²) < 4.78 is 44.3. The number of rotatable bonds is 7. The molecule has 0 aliphatic heterocycles. The van der Waals surface area contributed by atoms with Gasteiger partial charge in [0.1, 0.15) is 23.4 Å². The van der Waals surface area contributed by atoms with Gasteiger partial charge >= 0.3 is 6.18 Å². The molecule has 1 fully saturated rings. The molecule has 3 aromatic heterocycles. The number of furan rings is 1. The van der Waals surface area contributed by atoms with Crippen LogP contribution < -0.4 is 5.32 Å². The number of alkyl halides is 3. The first-order chi connectivity index (χ1) is 18.3. The third-order valence-electron chi connectivity index (χ3n) is 7.47. The molecule has 3 heterocycles. The van der Waals surface area contributed by atoms with Crippen molar-refractivity contribution in [1.82, 2.24) is 20.3 Å². The second-order valence-electron chi connectivity index (χ2n) is 10.1. The largest absolute Gasteiger partial charge is 0.461 e. The van der Waals surface area contributed by atoms with Gasteiger partial charge in [0.2, 0.25) is 5.91 Å². The molecule has 0 spiro atoms. The fourth-order valence-corrected chi connectivity index (χ4v) is 5.30. The SMILES string of the molecule is CC1CC(C(=O)NCc2cc(-c3ccc(C(F)(F)F)nc3)ncn2)CCC1CCc1cc2ccccc2o1. The number of carbonyl (C=O) groups is 1. The molecular formula is C29H29F3N4O2. The van der Waals surface area contributed by atoms with Gasteiger partial charge < -0.3 is 9.73 Å². The standard InChI is InChI=1S/C29H29F3N4O2/c1-18-12-21(7-6-19(18)8-10-24-13-20-4-2-3-5-26(20)38-24)28(37)34-16-23-14-25(36-17-35-23)22-9-11-27(33-15-22)29(30,31)32/h2-5,9,11,13-15,17-19,21H,6-8,10,12,16H2,1H3,(H,34,37). The van der Waals surface area contributed by atoms with E-state index in [4.69, 9.17) is 4.42 Å². The number of para-hydroxylation sites is 1. The normalized spacial score (nSPS) is 19.9. The molecule has 198 valence electrons. The molecule has 1 saturated carbocycles. The predicted molar refractivity (Wildman–Crippen MR) is 137 cm³/mol. The molecule has 3 unspecified atom stereocenters. The molecule has 1 amide bonds. The number of hydrogen-bond acceptors (Lipinski definition) is 5. The van der Waals surface area contributed by atoms with Gasteiger partial charge in [-0.05, 0) is 67.9 Å². The molecule has 9 heteroatoms. The summed E-state index contributed by atoms with van der Waals surface area (Å²) in [6.45, 7) is 2.44. The summed E-state index contributed by atoms with van der Waals surface area (Å²) in [6, 6.07) is 14.1. The smallest absolute Gasteiger partial charge is 0.433 e. The number of benzene rings is 1. The van der Waals surface area contributed by atoms with E-state index in [0.29, 0.717) is 28.8 Å². The van der Waals surface area contributed by atoms with E-state index in [2.05, 4.69) is 39.3 Å². The van der Waals surface area contributed by atoms with Gasteiger partial charge in [0, 0.05) is 29.5 Å². The third kappa shape index (κ3) is 6.03. The highest BCUT2D eigenvalue weighted by Crippen LogP contribution is 2.37. The fraction of sp³-hybridized carbons (Fsp3) is 0.379. The lowest BCUT2D eigenvalue weighted by Crippen LogP contribution is -2.35. The highest BCUT2D eigenvalue weighted by Gasteiger charge is 2.32. The van der Waals surface area contributed by atoms with E-state index in [0.717, 1.165) is 61.1 Å². The highest BCUT2D eigenvalue weighted by molar-refractivity contribution is 5.79. The molecule has 1 aliphatic rings. The number of amides is 1. The van der Waals surface area contributed by atoms with Gasteiger partial charge in [0.25, 0.3) is 0 Å². The van der Waals surface area contributed by atoms with Gasteiger partial charge in [-0.25, -0.2) is 9.97 Å². The Morgan fingerprint density at radius 1 is 1.08 bits per heavy atom. The molecule has 0 saturated heterocycles. The van der Waals surface area contributed by atoms with Crippen LogP contribution in [0.15, 0.2) is 65.5 Å². The minimum absolute atomic E-state index is 0.00365. The van der Waals surface area contributed by atoms with Crippen LogP contribution in [0.2, 0.25) is 0 Å². The van der Waals surface area contributed by atoms with Crippen LogP contribution in [0.25, 0.3) is 22.2 Å². The second-order valence-corrected chi connectivity index (χ2v) is 10.1. The summed E-state index contributed by atoms with van der Waals surface area (Å²) in [6.07, 6.45) is 2.59. The molecular weight excluding hydrogens is 493 g/mol. The van der Waals surface area contributed by atoms with Crippen LogP contribution in [-0.2, 0) is 23.9 Å². The lowest BCUT2D eigenvalue weighted by molar-refractivity contribution is -0.141. The van der Waals surface area contributed by atoms with Gasteiger partial charge in [-0.15, -0.1) is 0 Å². The van der Waals surface area contributed by atoms with Crippen molar-refractivity contribution in [3.05, 3.63) is 78.2 Å². The maximum atomic E-state index is 12.9.